The Labute approximate surface area is 191 Å². The number of carbonyl (C=O) groups is 1. The molecule has 8 heteroatoms. The lowest BCUT2D eigenvalue weighted by molar-refractivity contribution is 0.0951. The minimum absolute atomic E-state index is 0.0249. The van der Waals surface area contributed by atoms with Gasteiger partial charge in [-0.05, 0) is 85.6 Å². The van der Waals surface area contributed by atoms with Gasteiger partial charge in [-0.25, -0.2) is 8.42 Å². The van der Waals surface area contributed by atoms with Gasteiger partial charge >= 0.3 is 0 Å². The highest BCUT2D eigenvalue weighted by Crippen LogP contribution is 2.27. The molecule has 32 heavy (non-hydrogen) atoms. The first kappa shape index (κ1) is 21.9. The molecule has 0 fully saturated rings. The van der Waals surface area contributed by atoms with Crippen molar-refractivity contribution in [3.63, 3.8) is 0 Å². The molecule has 0 saturated heterocycles. The van der Waals surface area contributed by atoms with Crippen LogP contribution in [-0.4, -0.2) is 14.3 Å². The molecule has 0 saturated carbocycles. The summed E-state index contributed by atoms with van der Waals surface area (Å²) in [5.74, 6) is 0.00155. The van der Waals surface area contributed by atoms with Gasteiger partial charge in [0.2, 0.25) is 14.9 Å². The Morgan fingerprint density at radius 1 is 0.969 bits per heavy atom. The van der Waals surface area contributed by atoms with Crippen LogP contribution >= 0.6 is 11.6 Å². The molecule has 4 rings (SSSR count). The molecule has 6 nitrogen and oxygen atoms in total. The normalized spacial score (nSPS) is 11.5. The standard InChI is InChI=1S/C24H20ClNO5S/c1-16-5-8-19(14-17(16)2)26(15-20-4-3-13-30-20)24(27)22-11-12-23(31-22)32(28,29)21-9-6-18(25)7-10-21/h3-14H,15H2,1-2H3. The molecular formula is C24H20ClNO5S. The van der Waals surface area contributed by atoms with Gasteiger partial charge in [-0.3, -0.25) is 9.69 Å². The van der Waals surface area contributed by atoms with Crippen LogP contribution < -0.4 is 4.90 Å². The summed E-state index contributed by atoms with van der Waals surface area (Å²) in [4.78, 5) is 14.9. The molecule has 2 heterocycles. The number of nitrogens with zero attached hydrogens (tertiary/aromatic N) is 1. The fraction of sp³-hybridized carbons (Fsp3) is 0.125. The van der Waals surface area contributed by atoms with E-state index in [0.717, 1.165) is 11.1 Å². The van der Waals surface area contributed by atoms with Crippen molar-refractivity contribution >= 4 is 33.0 Å². The molecule has 0 atom stereocenters. The maximum absolute atomic E-state index is 13.4. The van der Waals surface area contributed by atoms with Crippen molar-refractivity contribution in [2.24, 2.45) is 0 Å². The molecule has 0 aliphatic heterocycles. The molecule has 0 radical (unpaired) electrons. The van der Waals surface area contributed by atoms with Crippen molar-refractivity contribution in [2.45, 2.75) is 30.4 Å². The van der Waals surface area contributed by atoms with Crippen LogP contribution in [0.25, 0.3) is 0 Å². The van der Waals surface area contributed by atoms with Gasteiger partial charge in [0.05, 0.1) is 17.7 Å². The molecule has 4 aromatic rings. The molecule has 0 unspecified atom stereocenters. The molecule has 0 N–H and O–H groups in total. The predicted molar refractivity (Wildman–Crippen MR) is 121 cm³/mol. The van der Waals surface area contributed by atoms with Gasteiger partial charge in [0.25, 0.3) is 5.91 Å². The first-order valence-corrected chi connectivity index (χ1v) is 11.6. The predicted octanol–water partition coefficient (Wildman–Crippen LogP) is 5.82. The number of furan rings is 2. The molecular weight excluding hydrogens is 450 g/mol. The highest BCUT2D eigenvalue weighted by atomic mass is 35.5. The maximum Gasteiger partial charge on any atom is 0.294 e. The first-order valence-electron chi connectivity index (χ1n) is 9.78. The number of benzene rings is 2. The van der Waals surface area contributed by atoms with E-state index in [1.54, 1.807) is 12.1 Å². The van der Waals surface area contributed by atoms with Crippen LogP contribution in [-0.2, 0) is 16.4 Å². The Balaban J connectivity index is 1.69. The molecule has 0 bridgehead atoms. The van der Waals surface area contributed by atoms with Gasteiger partial charge in [-0.1, -0.05) is 17.7 Å². The fourth-order valence-corrected chi connectivity index (χ4v) is 4.47. The van der Waals surface area contributed by atoms with E-state index in [0.29, 0.717) is 16.5 Å². The monoisotopic (exact) mass is 469 g/mol. The quantitative estimate of drug-likeness (QED) is 0.355. The van der Waals surface area contributed by atoms with E-state index in [1.165, 1.54) is 47.6 Å². The largest absolute Gasteiger partial charge is 0.467 e. The maximum atomic E-state index is 13.4. The highest BCUT2D eigenvalue weighted by Gasteiger charge is 2.27. The van der Waals surface area contributed by atoms with Gasteiger partial charge in [-0.15, -0.1) is 0 Å². The minimum atomic E-state index is -3.94. The van der Waals surface area contributed by atoms with E-state index in [1.807, 2.05) is 32.0 Å². The number of anilines is 1. The number of rotatable bonds is 6. The highest BCUT2D eigenvalue weighted by molar-refractivity contribution is 7.91. The third-order valence-corrected chi connectivity index (χ3v) is 7.02. The summed E-state index contributed by atoms with van der Waals surface area (Å²) >= 11 is 5.85. The summed E-state index contributed by atoms with van der Waals surface area (Å²) in [6.45, 7) is 4.10. The zero-order valence-corrected chi connectivity index (χ0v) is 19.0. The summed E-state index contributed by atoms with van der Waals surface area (Å²) in [5, 5.41) is 0.0995. The summed E-state index contributed by atoms with van der Waals surface area (Å²) in [6, 6.07) is 17.5. The van der Waals surface area contributed by atoms with Crippen LogP contribution in [0, 0.1) is 13.8 Å². The van der Waals surface area contributed by atoms with Gasteiger partial charge in [0, 0.05) is 10.7 Å². The molecule has 2 aromatic heterocycles. The number of hydrogen-bond acceptors (Lipinski definition) is 5. The van der Waals surface area contributed by atoms with Crippen molar-refractivity contribution in [3.8, 4) is 0 Å². The summed E-state index contributed by atoms with van der Waals surface area (Å²) in [7, 11) is -3.94. The Kier molecular flexibility index (Phi) is 5.95. The SMILES string of the molecule is Cc1ccc(N(Cc2ccco2)C(=O)c2ccc(S(=O)(=O)c3ccc(Cl)cc3)o2)cc1C. The molecule has 164 valence electrons. The van der Waals surface area contributed by atoms with Gasteiger partial charge in [0.1, 0.15) is 5.76 Å². The van der Waals surface area contributed by atoms with E-state index >= 15 is 0 Å². The zero-order chi connectivity index (χ0) is 22.9. The second-order valence-electron chi connectivity index (χ2n) is 7.32. The van der Waals surface area contributed by atoms with Crippen molar-refractivity contribution in [1.82, 2.24) is 0 Å². The lowest BCUT2D eigenvalue weighted by atomic mass is 10.1. The van der Waals surface area contributed by atoms with Gasteiger partial charge in [-0.2, -0.15) is 0 Å². The first-order chi connectivity index (χ1) is 15.3. The number of sulfone groups is 1. The number of amides is 1. The van der Waals surface area contributed by atoms with E-state index in [4.69, 9.17) is 20.4 Å². The minimum Gasteiger partial charge on any atom is -0.467 e. The second-order valence-corrected chi connectivity index (χ2v) is 9.63. The van der Waals surface area contributed by atoms with Crippen molar-refractivity contribution in [2.75, 3.05) is 4.90 Å². The van der Waals surface area contributed by atoms with Gasteiger partial charge in [0.15, 0.2) is 5.76 Å². The third kappa shape index (κ3) is 4.35. The van der Waals surface area contributed by atoms with Crippen LogP contribution in [0.3, 0.4) is 0 Å². The Hall–Kier alpha value is -3.29. The number of hydrogen-bond donors (Lipinski definition) is 0. The fourth-order valence-electron chi connectivity index (χ4n) is 3.17. The summed E-state index contributed by atoms with van der Waals surface area (Å²) < 4.78 is 36.7. The average molecular weight is 470 g/mol. The Morgan fingerprint density at radius 3 is 2.38 bits per heavy atom. The molecule has 1 amide bonds. The Bertz CT molecular complexity index is 1360. The van der Waals surface area contributed by atoms with Crippen LogP contribution in [0.2, 0.25) is 5.02 Å². The topological polar surface area (TPSA) is 80.7 Å². The molecule has 0 aliphatic carbocycles. The Morgan fingerprint density at radius 2 is 1.72 bits per heavy atom. The lowest BCUT2D eigenvalue weighted by Crippen LogP contribution is -2.30. The third-order valence-electron chi connectivity index (χ3n) is 5.12. The van der Waals surface area contributed by atoms with Crippen LogP contribution in [0.4, 0.5) is 5.69 Å². The second kappa shape index (κ2) is 8.68. The number of carbonyl (C=O) groups excluding carboxylic acids is 1. The summed E-state index contributed by atoms with van der Waals surface area (Å²) in [5.41, 5.74) is 2.76. The van der Waals surface area contributed by atoms with Crippen molar-refractivity contribution in [1.29, 1.82) is 0 Å². The van der Waals surface area contributed by atoms with E-state index in [9.17, 15) is 13.2 Å². The van der Waals surface area contributed by atoms with Gasteiger partial charge < -0.3 is 8.83 Å². The molecule has 2 aromatic carbocycles. The summed E-state index contributed by atoms with van der Waals surface area (Å²) in [6.07, 6.45) is 1.53. The number of aryl methyl sites for hydroxylation is 2. The van der Waals surface area contributed by atoms with E-state index in [2.05, 4.69) is 0 Å². The van der Waals surface area contributed by atoms with Crippen LogP contribution in [0.5, 0.6) is 0 Å². The van der Waals surface area contributed by atoms with Crippen molar-refractivity contribution in [3.05, 3.63) is 101 Å². The lowest BCUT2D eigenvalue weighted by Gasteiger charge is -2.21. The average Bonchev–Trinajstić information content (AvgIpc) is 3.46. The van der Waals surface area contributed by atoms with Crippen LogP contribution in [0.1, 0.15) is 27.4 Å². The van der Waals surface area contributed by atoms with Crippen molar-refractivity contribution < 1.29 is 22.0 Å². The van der Waals surface area contributed by atoms with E-state index < -0.39 is 15.7 Å². The molecule has 0 aliphatic rings. The smallest absolute Gasteiger partial charge is 0.294 e. The number of halogens is 1. The van der Waals surface area contributed by atoms with E-state index in [-0.39, 0.29) is 22.3 Å². The zero-order valence-electron chi connectivity index (χ0n) is 17.4. The molecule has 0 spiro atoms. The van der Waals surface area contributed by atoms with Crippen LogP contribution in [0.15, 0.2) is 91.8 Å².